The normalized spacial score (nSPS) is 11.1. The van der Waals surface area contributed by atoms with Gasteiger partial charge in [0.2, 0.25) is 0 Å². The van der Waals surface area contributed by atoms with Crippen LogP contribution < -0.4 is 19.8 Å². The molecule has 0 aliphatic heterocycles. The molecule has 0 atom stereocenters. The summed E-state index contributed by atoms with van der Waals surface area (Å²) in [7, 11) is 0. The van der Waals surface area contributed by atoms with E-state index in [1.807, 2.05) is 13.0 Å². The first-order valence-electron chi connectivity index (χ1n) is 11.2. The highest BCUT2D eigenvalue weighted by Gasteiger charge is 2.22. The molecule has 7 heteroatoms. The SMILES string of the molecule is CC(=O)Oc1ccc2c(OCC=C(C)CCC=C(C)C)c(OC(=O)c3ccccc3)c(=O)oc2c1. The van der Waals surface area contributed by atoms with Gasteiger partial charge in [0.05, 0.1) is 10.9 Å². The number of benzene rings is 2. The fraction of sp³-hybridized carbons (Fsp3) is 0.250. The zero-order valence-corrected chi connectivity index (χ0v) is 20.3. The molecule has 182 valence electrons. The Labute approximate surface area is 203 Å². The molecule has 7 nitrogen and oxygen atoms in total. The fourth-order valence-corrected chi connectivity index (χ4v) is 3.28. The average molecular weight is 477 g/mol. The third-order valence-corrected chi connectivity index (χ3v) is 5.01. The van der Waals surface area contributed by atoms with Crippen LogP contribution in [-0.4, -0.2) is 18.5 Å². The second-order valence-corrected chi connectivity index (χ2v) is 8.24. The lowest BCUT2D eigenvalue weighted by atomic mass is 10.1. The summed E-state index contributed by atoms with van der Waals surface area (Å²) in [6.07, 6.45) is 5.86. The molecule has 0 amide bonds. The maximum absolute atomic E-state index is 12.8. The Morgan fingerprint density at radius 3 is 2.34 bits per heavy atom. The number of hydrogen-bond acceptors (Lipinski definition) is 7. The van der Waals surface area contributed by atoms with Gasteiger partial charge < -0.3 is 18.6 Å². The number of hydrogen-bond donors (Lipinski definition) is 0. The minimum atomic E-state index is -0.888. The standard InChI is InChI=1S/C28H28O7/c1-18(2)9-8-10-19(3)15-16-32-25-23-14-13-22(33-20(4)29)17-24(23)34-28(31)26(25)35-27(30)21-11-6-5-7-12-21/h5-7,9,11-15,17H,8,10,16H2,1-4H3. The minimum Gasteiger partial charge on any atom is -0.485 e. The van der Waals surface area contributed by atoms with Gasteiger partial charge in [0.1, 0.15) is 17.9 Å². The summed E-state index contributed by atoms with van der Waals surface area (Å²) in [4.78, 5) is 36.8. The predicted molar refractivity (Wildman–Crippen MR) is 133 cm³/mol. The van der Waals surface area contributed by atoms with E-state index in [-0.39, 0.29) is 35.0 Å². The number of ether oxygens (including phenoxy) is 3. The monoisotopic (exact) mass is 476 g/mol. The first-order chi connectivity index (χ1) is 16.7. The van der Waals surface area contributed by atoms with Crippen molar-refractivity contribution in [3.8, 4) is 17.2 Å². The molecular formula is C28H28O7. The van der Waals surface area contributed by atoms with Crippen LogP contribution in [-0.2, 0) is 4.79 Å². The van der Waals surface area contributed by atoms with E-state index in [1.165, 1.54) is 18.6 Å². The lowest BCUT2D eigenvalue weighted by Gasteiger charge is -2.13. The Balaban J connectivity index is 1.96. The smallest absolute Gasteiger partial charge is 0.383 e. The summed E-state index contributed by atoms with van der Waals surface area (Å²) in [6, 6.07) is 12.8. The molecule has 0 saturated carbocycles. The van der Waals surface area contributed by atoms with Gasteiger partial charge in [-0.3, -0.25) is 4.79 Å². The molecule has 2 aromatic carbocycles. The van der Waals surface area contributed by atoms with E-state index in [0.29, 0.717) is 5.39 Å². The van der Waals surface area contributed by atoms with Gasteiger partial charge in [-0.2, -0.15) is 0 Å². The van der Waals surface area contributed by atoms with Crippen molar-refractivity contribution in [1.82, 2.24) is 0 Å². The summed E-state index contributed by atoms with van der Waals surface area (Å²) in [5, 5.41) is 0.395. The molecule has 0 aliphatic rings. The van der Waals surface area contributed by atoms with Crippen molar-refractivity contribution >= 4 is 22.9 Å². The number of esters is 2. The molecule has 0 radical (unpaired) electrons. The quantitative estimate of drug-likeness (QED) is 0.162. The Bertz CT molecular complexity index is 1330. The highest BCUT2D eigenvalue weighted by atomic mass is 16.6. The number of carbonyl (C=O) groups excluding carboxylic acids is 2. The highest BCUT2D eigenvalue weighted by Crippen LogP contribution is 2.35. The minimum absolute atomic E-state index is 0.0725. The van der Waals surface area contributed by atoms with Crippen molar-refractivity contribution in [2.45, 2.75) is 40.5 Å². The maximum Gasteiger partial charge on any atom is 0.383 e. The molecule has 35 heavy (non-hydrogen) atoms. The van der Waals surface area contributed by atoms with Crippen molar-refractivity contribution in [3.05, 3.63) is 87.8 Å². The summed E-state index contributed by atoms with van der Waals surface area (Å²) >= 11 is 0. The van der Waals surface area contributed by atoms with E-state index >= 15 is 0 Å². The van der Waals surface area contributed by atoms with Gasteiger partial charge in [-0.1, -0.05) is 35.4 Å². The number of rotatable bonds is 9. The van der Waals surface area contributed by atoms with Crippen molar-refractivity contribution in [3.63, 3.8) is 0 Å². The van der Waals surface area contributed by atoms with Crippen LogP contribution in [0.3, 0.4) is 0 Å². The second kappa shape index (κ2) is 11.8. The molecule has 1 aromatic heterocycles. The second-order valence-electron chi connectivity index (χ2n) is 8.24. The van der Waals surface area contributed by atoms with E-state index in [0.717, 1.165) is 18.4 Å². The molecule has 0 aliphatic carbocycles. The molecule has 0 fully saturated rings. The summed E-state index contributed by atoms with van der Waals surface area (Å²) in [5.41, 5.74) is 1.90. The summed E-state index contributed by atoms with van der Waals surface area (Å²) < 4.78 is 21.8. The van der Waals surface area contributed by atoms with E-state index in [1.54, 1.807) is 42.5 Å². The summed E-state index contributed by atoms with van der Waals surface area (Å²) in [5.74, 6) is -1.29. The predicted octanol–water partition coefficient (Wildman–Crippen LogP) is 6.01. The molecule has 0 bridgehead atoms. The topological polar surface area (TPSA) is 92.0 Å². The zero-order chi connectivity index (χ0) is 25.4. The molecule has 0 saturated heterocycles. The van der Waals surface area contributed by atoms with Crippen LogP contribution in [0.1, 0.15) is 50.9 Å². The average Bonchev–Trinajstić information content (AvgIpc) is 2.80. The lowest BCUT2D eigenvalue weighted by Crippen LogP contribution is -2.16. The zero-order valence-electron chi connectivity index (χ0n) is 20.3. The van der Waals surface area contributed by atoms with Crippen molar-refractivity contribution < 1.29 is 28.2 Å². The molecular weight excluding hydrogens is 448 g/mol. The van der Waals surface area contributed by atoms with Gasteiger partial charge in [0.25, 0.3) is 5.75 Å². The van der Waals surface area contributed by atoms with Crippen molar-refractivity contribution in [2.75, 3.05) is 6.61 Å². The van der Waals surface area contributed by atoms with E-state index < -0.39 is 17.6 Å². The van der Waals surface area contributed by atoms with Gasteiger partial charge in [-0.15, -0.1) is 0 Å². The van der Waals surface area contributed by atoms with E-state index in [9.17, 15) is 14.4 Å². The number of fused-ring (bicyclic) bond motifs is 1. The van der Waals surface area contributed by atoms with E-state index in [4.69, 9.17) is 18.6 Å². The third-order valence-electron chi connectivity index (χ3n) is 5.01. The first-order valence-corrected chi connectivity index (χ1v) is 11.2. The molecule has 3 rings (SSSR count). The molecule has 0 spiro atoms. The lowest BCUT2D eigenvalue weighted by molar-refractivity contribution is -0.131. The van der Waals surface area contributed by atoms with Crippen LogP contribution in [0, 0.1) is 0 Å². The summed E-state index contributed by atoms with van der Waals surface area (Å²) in [6.45, 7) is 7.54. The van der Waals surface area contributed by atoms with Gasteiger partial charge in [0, 0.05) is 13.0 Å². The Hall–Kier alpha value is -4.13. The highest BCUT2D eigenvalue weighted by molar-refractivity contribution is 5.93. The molecule has 0 N–H and O–H groups in total. The third kappa shape index (κ3) is 7.17. The van der Waals surface area contributed by atoms with Crippen LogP contribution in [0.4, 0.5) is 0 Å². The number of carbonyl (C=O) groups is 2. The largest absolute Gasteiger partial charge is 0.485 e. The first kappa shape index (κ1) is 25.5. The van der Waals surface area contributed by atoms with Crippen LogP contribution in [0.2, 0.25) is 0 Å². The molecule has 1 heterocycles. The van der Waals surface area contributed by atoms with E-state index in [2.05, 4.69) is 19.9 Å². The van der Waals surface area contributed by atoms with Crippen molar-refractivity contribution in [1.29, 1.82) is 0 Å². The van der Waals surface area contributed by atoms with Gasteiger partial charge in [0.15, 0.2) is 5.75 Å². The van der Waals surface area contributed by atoms with Gasteiger partial charge in [-0.25, -0.2) is 9.59 Å². The van der Waals surface area contributed by atoms with Crippen LogP contribution >= 0.6 is 0 Å². The molecule has 3 aromatic rings. The van der Waals surface area contributed by atoms with Gasteiger partial charge in [-0.05, 0) is 64.0 Å². The fourth-order valence-electron chi connectivity index (χ4n) is 3.28. The molecule has 0 unspecified atom stereocenters. The Morgan fingerprint density at radius 2 is 1.66 bits per heavy atom. The van der Waals surface area contributed by atoms with Crippen LogP contribution in [0.5, 0.6) is 17.2 Å². The maximum atomic E-state index is 12.8. The Morgan fingerprint density at radius 1 is 0.914 bits per heavy atom. The van der Waals surface area contributed by atoms with Crippen LogP contribution in [0.25, 0.3) is 11.0 Å². The van der Waals surface area contributed by atoms with Crippen LogP contribution in [0.15, 0.2) is 81.0 Å². The Kier molecular flexibility index (Phi) is 8.62. The van der Waals surface area contributed by atoms with Gasteiger partial charge >= 0.3 is 17.6 Å². The number of allylic oxidation sites excluding steroid dienone is 3. The van der Waals surface area contributed by atoms with Crippen molar-refractivity contribution in [2.24, 2.45) is 0 Å².